The van der Waals surface area contributed by atoms with Gasteiger partial charge in [-0.3, -0.25) is 9.59 Å². The van der Waals surface area contributed by atoms with Crippen LogP contribution in [0.2, 0.25) is 0 Å². The van der Waals surface area contributed by atoms with E-state index in [9.17, 15) is 9.59 Å². The molecule has 0 aliphatic heterocycles. The van der Waals surface area contributed by atoms with Crippen molar-refractivity contribution in [3.05, 3.63) is 0 Å². The summed E-state index contributed by atoms with van der Waals surface area (Å²) in [5.74, 6) is -0.361. The van der Waals surface area contributed by atoms with Crippen LogP contribution in [0, 0.1) is 17.8 Å². The molecule has 1 fully saturated rings. The van der Waals surface area contributed by atoms with Gasteiger partial charge >= 0.3 is 0 Å². The molecule has 0 aromatic rings. The van der Waals surface area contributed by atoms with Crippen molar-refractivity contribution in [2.75, 3.05) is 0 Å². The van der Waals surface area contributed by atoms with Crippen molar-refractivity contribution in [3.8, 4) is 0 Å². The minimum Gasteiger partial charge on any atom is -0.368 e. The van der Waals surface area contributed by atoms with E-state index in [4.69, 9.17) is 11.5 Å². The molecule has 5 N–H and O–H groups in total. The van der Waals surface area contributed by atoms with Crippen molar-refractivity contribution in [2.45, 2.75) is 52.1 Å². The van der Waals surface area contributed by atoms with Gasteiger partial charge in [-0.25, -0.2) is 0 Å². The molecule has 18 heavy (non-hydrogen) atoms. The lowest BCUT2D eigenvalue weighted by Gasteiger charge is -2.32. The molecule has 0 aromatic heterocycles. The molecule has 1 aliphatic rings. The highest BCUT2D eigenvalue weighted by molar-refractivity contribution is 5.87. The van der Waals surface area contributed by atoms with E-state index < -0.39 is 11.9 Å². The lowest BCUT2D eigenvalue weighted by atomic mass is 9.77. The maximum Gasteiger partial charge on any atom is 0.240 e. The van der Waals surface area contributed by atoms with Crippen LogP contribution < -0.4 is 16.8 Å². The SMILES string of the molecule is CC(C)C(NC(=O)C1CC(N)CCC1C)C(N)=O. The zero-order chi connectivity index (χ0) is 13.9. The molecule has 0 radical (unpaired) electrons. The first-order chi connectivity index (χ1) is 8.32. The topological polar surface area (TPSA) is 98.2 Å². The summed E-state index contributed by atoms with van der Waals surface area (Å²) in [6.45, 7) is 5.79. The van der Waals surface area contributed by atoms with Gasteiger partial charge in [-0.15, -0.1) is 0 Å². The van der Waals surface area contributed by atoms with E-state index in [1.807, 2.05) is 13.8 Å². The molecule has 104 valence electrons. The maximum atomic E-state index is 12.2. The van der Waals surface area contributed by atoms with E-state index in [1.165, 1.54) is 0 Å². The number of rotatable bonds is 4. The third-order valence-corrected chi connectivity index (χ3v) is 3.84. The zero-order valence-corrected chi connectivity index (χ0v) is 11.5. The first-order valence-electron chi connectivity index (χ1n) is 6.68. The van der Waals surface area contributed by atoms with E-state index in [0.717, 1.165) is 12.8 Å². The van der Waals surface area contributed by atoms with Crippen molar-refractivity contribution < 1.29 is 9.59 Å². The number of nitrogens with two attached hydrogens (primary N) is 2. The van der Waals surface area contributed by atoms with Gasteiger partial charge in [-0.1, -0.05) is 20.8 Å². The fraction of sp³-hybridized carbons (Fsp3) is 0.846. The Balaban J connectivity index is 2.65. The minimum atomic E-state index is -0.595. The van der Waals surface area contributed by atoms with E-state index in [-0.39, 0.29) is 23.8 Å². The monoisotopic (exact) mass is 255 g/mol. The Morgan fingerprint density at radius 3 is 2.39 bits per heavy atom. The fourth-order valence-corrected chi connectivity index (χ4v) is 2.55. The van der Waals surface area contributed by atoms with Crippen LogP contribution in [0.4, 0.5) is 0 Å². The van der Waals surface area contributed by atoms with Gasteiger partial charge in [-0.2, -0.15) is 0 Å². The normalized spacial score (nSPS) is 29.9. The number of carbonyl (C=O) groups excluding carboxylic acids is 2. The van der Waals surface area contributed by atoms with Gasteiger partial charge in [0.2, 0.25) is 11.8 Å². The van der Waals surface area contributed by atoms with Gasteiger partial charge in [0.25, 0.3) is 0 Å². The van der Waals surface area contributed by atoms with Crippen molar-refractivity contribution in [2.24, 2.45) is 29.2 Å². The Morgan fingerprint density at radius 1 is 1.28 bits per heavy atom. The number of hydrogen-bond acceptors (Lipinski definition) is 3. The van der Waals surface area contributed by atoms with Crippen LogP contribution in [0.3, 0.4) is 0 Å². The third-order valence-electron chi connectivity index (χ3n) is 3.84. The van der Waals surface area contributed by atoms with Gasteiger partial charge in [0, 0.05) is 12.0 Å². The van der Waals surface area contributed by atoms with Crippen molar-refractivity contribution in [1.29, 1.82) is 0 Å². The summed E-state index contributed by atoms with van der Waals surface area (Å²) >= 11 is 0. The highest BCUT2D eigenvalue weighted by Gasteiger charge is 2.33. The van der Waals surface area contributed by atoms with E-state index in [1.54, 1.807) is 0 Å². The summed E-state index contributed by atoms with van der Waals surface area (Å²) < 4.78 is 0. The quantitative estimate of drug-likeness (QED) is 0.677. The smallest absolute Gasteiger partial charge is 0.240 e. The number of hydrogen-bond donors (Lipinski definition) is 3. The maximum absolute atomic E-state index is 12.2. The van der Waals surface area contributed by atoms with Gasteiger partial charge in [0.15, 0.2) is 0 Å². The highest BCUT2D eigenvalue weighted by Crippen LogP contribution is 2.29. The summed E-state index contributed by atoms with van der Waals surface area (Å²) in [6, 6.07) is -0.508. The molecule has 4 unspecified atom stereocenters. The number of primary amides is 1. The zero-order valence-electron chi connectivity index (χ0n) is 11.5. The van der Waals surface area contributed by atoms with E-state index >= 15 is 0 Å². The minimum absolute atomic E-state index is 0.000907. The molecule has 4 atom stereocenters. The summed E-state index contributed by atoms with van der Waals surface area (Å²) in [5.41, 5.74) is 11.2. The Hall–Kier alpha value is -1.10. The molecular weight excluding hydrogens is 230 g/mol. The summed E-state index contributed by atoms with van der Waals surface area (Å²) in [5, 5.41) is 2.77. The Labute approximate surface area is 109 Å². The summed E-state index contributed by atoms with van der Waals surface area (Å²) in [6.07, 6.45) is 2.62. The van der Waals surface area contributed by atoms with Crippen molar-refractivity contribution >= 4 is 11.8 Å². The predicted molar refractivity (Wildman–Crippen MR) is 70.4 cm³/mol. The second-order valence-corrected chi connectivity index (χ2v) is 5.79. The summed E-state index contributed by atoms with van der Waals surface area (Å²) in [4.78, 5) is 23.5. The van der Waals surface area contributed by atoms with Gasteiger partial charge in [0.05, 0.1) is 0 Å². The Bertz CT molecular complexity index is 317. The van der Waals surface area contributed by atoms with Gasteiger partial charge in [-0.05, 0) is 31.1 Å². The average molecular weight is 255 g/mol. The van der Waals surface area contributed by atoms with Gasteiger partial charge in [0.1, 0.15) is 6.04 Å². The van der Waals surface area contributed by atoms with Gasteiger partial charge < -0.3 is 16.8 Å². The first kappa shape index (κ1) is 15.0. The predicted octanol–water partition coefficient (Wildman–Crippen LogP) is 0.376. The number of amides is 2. The molecule has 1 aliphatic carbocycles. The molecule has 0 spiro atoms. The fourth-order valence-electron chi connectivity index (χ4n) is 2.55. The second-order valence-electron chi connectivity index (χ2n) is 5.79. The van der Waals surface area contributed by atoms with E-state index in [2.05, 4.69) is 12.2 Å². The molecule has 5 nitrogen and oxygen atoms in total. The largest absolute Gasteiger partial charge is 0.368 e. The van der Waals surface area contributed by atoms with Crippen LogP contribution in [-0.4, -0.2) is 23.9 Å². The number of nitrogens with one attached hydrogen (secondary N) is 1. The third kappa shape index (κ3) is 3.70. The van der Waals surface area contributed by atoms with Crippen molar-refractivity contribution in [3.63, 3.8) is 0 Å². The standard InChI is InChI=1S/C13H25N3O2/c1-7(2)11(12(15)17)16-13(18)10-6-9(14)5-4-8(10)3/h7-11H,4-6,14H2,1-3H3,(H2,15,17)(H,16,18). The molecule has 5 heteroatoms. The molecular formula is C13H25N3O2. The van der Waals surface area contributed by atoms with Crippen LogP contribution in [0.1, 0.15) is 40.0 Å². The van der Waals surface area contributed by atoms with Crippen molar-refractivity contribution in [1.82, 2.24) is 5.32 Å². The van der Waals surface area contributed by atoms with Crippen LogP contribution in [0.25, 0.3) is 0 Å². The molecule has 2 amide bonds. The molecule has 0 heterocycles. The average Bonchev–Trinajstić information content (AvgIpc) is 2.28. The lowest BCUT2D eigenvalue weighted by molar-refractivity contribution is -0.132. The highest BCUT2D eigenvalue weighted by atomic mass is 16.2. The molecule has 0 aromatic carbocycles. The number of carbonyl (C=O) groups is 2. The van der Waals surface area contributed by atoms with Crippen LogP contribution >= 0.6 is 0 Å². The van der Waals surface area contributed by atoms with E-state index in [0.29, 0.717) is 12.3 Å². The van der Waals surface area contributed by atoms with Crippen LogP contribution in [0.5, 0.6) is 0 Å². The second kappa shape index (κ2) is 6.18. The Morgan fingerprint density at radius 2 is 1.89 bits per heavy atom. The molecule has 1 saturated carbocycles. The summed E-state index contributed by atoms with van der Waals surface area (Å²) in [7, 11) is 0. The van der Waals surface area contributed by atoms with Crippen LogP contribution in [0.15, 0.2) is 0 Å². The van der Waals surface area contributed by atoms with Crippen LogP contribution in [-0.2, 0) is 9.59 Å². The molecule has 1 rings (SSSR count). The molecule has 0 bridgehead atoms. The molecule has 0 saturated heterocycles. The first-order valence-corrected chi connectivity index (χ1v) is 6.68. The Kier molecular flexibility index (Phi) is 5.14. The lowest BCUT2D eigenvalue weighted by Crippen LogP contribution is -2.51.